The summed E-state index contributed by atoms with van der Waals surface area (Å²) in [4.78, 5) is 66.8. The van der Waals surface area contributed by atoms with Crippen molar-refractivity contribution in [2.75, 3.05) is 49.3 Å². The fourth-order valence-electron chi connectivity index (χ4n) is 8.81. The van der Waals surface area contributed by atoms with Gasteiger partial charge in [-0.3, -0.25) is 29.8 Å². The van der Waals surface area contributed by atoms with Crippen LogP contribution in [0.4, 0.5) is 11.4 Å². The number of benzene rings is 2. The van der Waals surface area contributed by atoms with Gasteiger partial charge in [0.1, 0.15) is 12.1 Å². The molecule has 2 fully saturated rings. The van der Waals surface area contributed by atoms with Crippen LogP contribution in [0, 0.1) is 25.7 Å². The summed E-state index contributed by atoms with van der Waals surface area (Å²) < 4.78 is 10.9. The maximum Gasteiger partial charge on any atom is 0.320 e. The van der Waals surface area contributed by atoms with E-state index in [0.717, 1.165) is 43.4 Å². The van der Waals surface area contributed by atoms with Gasteiger partial charge in [0.2, 0.25) is 0 Å². The molecule has 0 saturated carbocycles. The third-order valence-electron chi connectivity index (χ3n) is 12.0. The first kappa shape index (κ1) is 40.2. The molecule has 306 valence electrons. The molecule has 0 aliphatic carbocycles. The summed E-state index contributed by atoms with van der Waals surface area (Å²) in [5.41, 5.74) is 7.29. The van der Waals surface area contributed by atoms with Crippen molar-refractivity contribution in [1.29, 1.82) is 0 Å². The van der Waals surface area contributed by atoms with Gasteiger partial charge in [-0.1, -0.05) is 24.3 Å². The highest BCUT2D eigenvalue weighted by Crippen LogP contribution is 2.43. The Hall–Kier alpha value is -4.58. The van der Waals surface area contributed by atoms with E-state index in [9.17, 15) is 29.4 Å². The van der Waals surface area contributed by atoms with Crippen LogP contribution in [0.25, 0.3) is 11.1 Å². The van der Waals surface area contributed by atoms with Crippen LogP contribution in [0.15, 0.2) is 36.4 Å². The molecule has 4 aromatic rings. The lowest BCUT2D eigenvalue weighted by Crippen LogP contribution is -2.44. The van der Waals surface area contributed by atoms with Crippen molar-refractivity contribution in [3.05, 3.63) is 78.7 Å². The zero-order chi connectivity index (χ0) is 40.5. The number of thiazole rings is 2. The number of carbonyl (C=O) groups excluding carboxylic acids is 2. The second-order valence-corrected chi connectivity index (χ2v) is 17.5. The molecular formula is C42H48N6O8S2. The fourth-order valence-corrected chi connectivity index (χ4v) is 10.7. The summed E-state index contributed by atoms with van der Waals surface area (Å²) in [6.07, 6.45) is 4.10. The highest BCUT2D eigenvalue weighted by atomic mass is 32.1. The monoisotopic (exact) mass is 828 g/mol. The van der Waals surface area contributed by atoms with Crippen LogP contribution in [0.1, 0.15) is 77.6 Å². The van der Waals surface area contributed by atoms with Crippen molar-refractivity contribution in [3.63, 3.8) is 0 Å². The number of carboxylic acid groups (broad SMARTS) is 2. The molecule has 4 N–H and O–H groups in total. The number of rotatable bonds is 13. The number of aryl methyl sites for hydroxylation is 2. The van der Waals surface area contributed by atoms with Crippen LogP contribution in [0.2, 0.25) is 0 Å². The molecule has 58 heavy (non-hydrogen) atoms. The molecule has 2 amide bonds. The van der Waals surface area contributed by atoms with Crippen LogP contribution in [-0.2, 0) is 45.0 Å². The molecule has 2 atom stereocenters. The Balaban J connectivity index is 0.966. The van der Waals surface area contributed by atoms with E-state index < -0.39 is 24.0 Å². The van der Waals surface area contributed by atoms with Gasteiger partial charge in [0, 0.05) is 73.7 Å². The standard InChI is InChI=1S/C42H48N6O8S2/c1-23-33(21-43-35(41(51)52)25-11-17-55-18-12-25)57-37(45-23)39(49)47-15-9-29-27(5-3-7-31(29)47)28-6-4-8-32-30(28)10-16-48(32)40(50)38-46-24(2)34(58-38)22-44-36(42(53)54)26-13-19-56-20-14-26/h3-8,25-26,35-36,43-44H,9-22H2,1-2H3,(H,51,52)(H,53,54)/t35-,36-/m0/s1. The number of hydrogen-bond donors (Lipinski definition) is 4. The number of nitrogens with zero attached hydrogens (tertiary/aromatic N) is 4. The van der Waals surface area contributed by atoms with Gasteiger partial charge in [-0.05, 0) is 98.6 Å². The lowest BCUT2D eigenvalue weighted by atomic mass is 9.92. The number of anilines is 2. The van der Waals surface area contributed by atoms with Crippen molar-refractivity contribution in [3.8, 4) is 11.1 Å². The number of nitrogens with one attached hydrogen (secondary N) is 2. The highest BCUT2D eigenvalue weighted by molar-refractivity contribution is 7.14. The predicted octanol–water partition coefficient (Wildman–Crippen LogP) is 5.23. The zero-order valence-corrected chi connectivity index (χ0v) is 34.3. The van der Waals surface area contributed by atoms with Crippen LogP contribution in [0.5, 0.6) is 0 Å². The van der Waals surface area contributed by atoms with Gasteiger partial charge >= 0.3 is 11.9 Å². The van der Waals surface area contributed by atoms with Gasteiger partial charge in [-0.2, -0.15) is 0 Å². The number of aliphatic carboxylic acids is 2. The van der Waals surface area contributed by atoms with E-state index >= 15 is 0 Å². The molecule has 14 nitrogen and oxygen atoms in total. The molecule has 2 aromatic carbocycles. The van der Waals surface area contributed by atoms with Gasteiger partial charge in [0.15, 0.2) is 10.0 Å². The third-order valence-corrected chi connectivity index (χ3v) is 14.2. The van der Waals surface area contributed by atoms with E-state index in [1.54, 1.807) is 9.80 Å². The number of fused-ring (bicyclic) bond motifs is 2. The number of carbonyl (C=O) groups is 4. The Bertz CT molecular complexity index is 2060. The molecule has 4 aliphatic heterocycles. The summed E-state index contributed by atoms with van der Waals surface area (Å²) in [5.74, 6) is -2.16. The van der Waals surface area contributed by atoms with Gasteiger partial charge in [-0.25, -0.2) is 9.97 Å². The minimum Gasteiger partial charge on any atom is -0.480 e. The summed E-state index contributed by atoms with van der Waals surface area (Å²) >= 11 is 2.61. The van der Waals surface area contributed by atoms with Crippen LogP contribution < -0.4 is 20.4 Å². The number of aromatic nitrogens is 2. The maximum atomic E-state index is 14.0. The SMILES string of the molecule is Cc1nc(C(=O)N2CCc3c(-c4cccc5c4CCN5C(=O)c4nc(C)c(CN[C@H](C(=O)O)C5CCOCC5)s4)cccc32)sc1CN[C@H](C(=O)O)C1CCOCC1. The highest BCUT2D eigenvalue weighted by Gasteiger charge is 2.35. The van der Waals surface area contributed by atoms with Crippen LogP contribution in [0.3, 0.4) is 0 Å². The number of hydrogen-bond acceptors (Lipinski definition) is 12. The molecule has 0 spiro atoms. The lowest BCUT2D eigenvalue weighted by molar-refractivity contribution is -0.143. The summed E-state index contributed by atoms with van der Waals surface area (Å²) in [5, 5.41) is 27.0. The average Bonchev–Trinajstić information content (AvgIpc) is 4.03. The first-order chi connectivity index (χ1) is 28.1. The third kappa shape index (κ3) is 8.05. The van der Waals surface area contributed by atoms with E-state index in [-0.39, 0.29) is 23.7 Å². The van der Waals surface area contributed by atoms with Crippen molar-refractivity contribution in [2.24, 2.45) is 11.8 Å². The van der Waals surface area contributed by atoms with Gasteiger partial charge < -0.3 is 29.5 Å². The Kier molecular flexibility index (Phi) is 12.0. The van der Waals surface area contributed by atoms with E-state index in [2.05, 4.69) is 32.7 Å². The Morgan fingerprint density at radius 2 is 1.09 bits per heavy atom. The molecule has 2 saturated heterocycles. The van der Waals surface area contributed by atoms with Crippen molar-refractivity contribution >= 4 is 57.8 Å². The quantitative estimate of drug-likeness (QED) is 0.138. The van der Waals surface area contributed by atoms with E-state index in [0.29, 0.717) is 113 Å². The van der Waals surface area contributed by atoms with Crippen molar-refractivity contribution < 1.29 is 38.9 Å². The smallest absolute Gasteiger partial charge is 0.320 e. The Morgan fingerprint density at radius 3 is 1.47 bits per heavy atom. The number of carboxylic acids is 2. The van der Waals surface area contributed by atoms with E-state index in [4.69, 9.17) is 9.47 Å². The Labute approximate surface area is 344 Å². The predicted molar refractivity (Wildman–Crippen MR) is 220 cm³/mol. The first-order valence-corrected chi connectivity index (χ1v) is 21.6. The van der Waals surface area contributed by atoms with Crippen molar-refractivity contribution in [2.45, 2.75) is 77.5 Å². The zero-order valence-electron chi connectivity index (χ0n) is 32.6. The summed E-state index contributed by atoms with van der Waals surface area (Å²) in [6.45, 7) is 7.58. The van der Waals surface area contributed by atoms with E-state index in [1.807, 2.05) is 38.1 Å². The normalized spacial score (nSPS) is 18.2. The average molecular weight is 829 g/mol. The minimum atomic E-state index is -0.884. The number of amides is 2. The second-order valence-electron chi connectivity index (χ2n) is 15.4. The molecule has 0 unspecified atom stereocenters. The first-order valence-electron chi connectivity index (χ1n) is 20.0. The summed E-state index contributed by atoms with van der Waals surface area (Å²) in [7, 11) is 0. The van der Waals surface area contributed by atoms with Crippen LogP contribution >= 0.6 is 22.7 Å². The maximum absolute atomic E-state index is 14.0. The molecule has 2 aromatic heterocycles. The second kappa shape index (κ2) is 17.3. The van der Waals surface area contributed by atoms with E-state index in [1.165, 1.54) is 22.7 Å². The largest absolute Gasteiger partial charge is 0.480 e. The molecule has 0 radical (unpaired) electrons. The topological polar surface area (TPSA) is 184 Å². The van der Waals surface area contributed by atoms with Crippen LogP contribution in [-0.4, -0.2) is 95.5 Å². The lowest BCUT2D eigenvalue weighted by Gasteiger charge is -2.28. The summed E-state index contributed by atoms with van der Waals surface area (Å²) in [6, 6.07) is 10.6. The molecule has 4 aliphatic rings. The molecular weight excluding hydrogens is 781 g/mol. The number of ether oxygens (including phenoxy) is 2. The molecule has 8 rings (SSSR count). The van der Waals surface area contributed by atoms with Gasteiger partial charge in [0.25, 0.3) is 11.8 Å². The van der Waals surface area contributed by atoms with Gasteiger partial charge in [0.05, 0.1) is 11.4 Å². The molecule has 0 bridgehead atoms. The minimum absolute atomic E-state index is 0.0161. The van der Waals surface area contributed by atoms with Gasteiger partial charge in [-0.15, -0.1) is 22.7 Å². The molecule has 6 heterocycles. The Morgan fingerprint density at radius 1 is 0.690 bits per heavy atom. The molecule has 16 heteroatoms. The van der Waals surface area contributed by atoms with Crippen molar-refractivity contribution in [1.82, 2.24) is 20.6 Å². The fraction of sp³-hybridized carbons (Fsp3) is 0.476.